The van der Waals surface area contributed by atoms with Crippen molar-refractivity contribution >= 4 is 27.3 Å². The van der Waals surface area contributed by atoms with Crippen molar-refractivity contribution in [1.29, 1.82) is 5.41 Å². The molecule has 4 rings (SSSR count). The third-order valence-corrected chi connectivity index (χ3v) is 7.36. The van der Waals surface area contributed by atoms with E-state index >= 15 is 0 Å². The Balaban J connectivity index is 1.59. The lowest BCUT2D eigenvalue weighted by Gasteiger charge is -2.12. The Hall–Kier alpha value is -2.78. The zero-order valence-electron chi connectivity index (χ0n) is 16.5. The van der Waals surface area contributed by atoms with Gasteiger partial charge in [-0.3, -0.25) is 10.2 Å². The highest BCUT2D eigenvalue weighted by Gasteiger charge is 2.33. The summed E-state index contributed by atoms with van der Waals surface area (Å²) in [5.74, 6) is -0.623. The Kier molecular flexibility index (Phi) is 5.57. The van der Waals surface area contributed by atoms with Crippen molar-refractivity contribution in [3.05, 3.63) is 63.9 Å². The fourth-order valence-electron chi connectivity index (χ4n) is 3.13. The molecule has 0 aliphatic heterocycles. The summed E-state index contributed by atoms with van der Waals surface area (Å²) >= 11 is 1.37. The van der Waals surface area contributed by atoms with Crippen LogP contribution in [0.1, 0.15) is 30.3 Å². The minimum absolute atomic E-state index is 0.0849. The molecular weight excluding hydrogens is 420 g/mol. The lowest BCUT2D eigenvalue weighted by molar-refractivity contribution is -0.120. The minimum atomic E-state index is -3.94. The summed E-state index contributed by atoms with van der Waals surface area (Å²) in [6, 6.07) is 14.2. The van der Waals surface area contributed by atoms with Gasteiger partial charge in [-0.25, -0.2) is 17.8 Å². The first-order valence-electron chi connectivity index (χ1n) is 9.74. The van der Waals surface area contributed by atoms with Gasteiger partial charge in [0.25, 0.3) is 10.0 Å². The monoisotopic (exact) mass is 442 g/mol. The number of sulfonamides is 1. The van der Waals surface area contributed by atoms with Gasteiger partial charge in [-0.2, -0.15) is 5.10 Å². The Bertz CT molecular complexity index is 1240. The molecule has 1 aromatic heterocycles. The molecule has 1 amide bonds. The molecule has 1 heterocycles. The fraction of sp³-hybridized carbons (Fsp3) is 0.286. The average molecular weight is 443 g/mol. The molecule has 1 fully saturated rings. The van der Waals surface area contributed by atoms with E-state index in [0.29, 0.717) is 16.9 Å². The zero-order valence-corrected chi connectivity index (χ0v) is 18.1. The average Bonchev–Trinajstić information content (AvgIpc) is 3.53. The predicted molar refractivity (Wildman–Crippen MR) is 114 cm³/mol. The summed E-state index contributed by atoms with van der Waals surface area (Å²) in [5.41, 5.74) is 2.24. The van der Waals surface area contributed by atoms with Crippen molar-refractivity contribution in [1.82, 2.24) is 14.5 Å². The number of hydrogen-bond acceptors (Lipinski definition) is 6. The number of hydrogen-bond donors (Lipinski definition) is 2. The number of rotatable bonds is 7. The summed E-state index contributed by atoms with van der Waals surface area (Å²) in [6.07, 6.45) is 2.27. The molecule has 3 aromatic rings. The van der Waals surface area contributed by atoms with Crippen molar-refractivity contribution in [3.63, 3.8) is 0 Å². The first-order valence-corrected chi connectivity index (χ1v) is 12.0. The molecule has 30 heavy (non-hydrogen) atoms. The molecule has 0 bridgehead atoms. The van der Waals surface area contributed by atoms with E-state index in [9.17, 15) is 13.2 Å². The maximum Gasteiger partial charge on any atom is 0.264 e. The van der Waals surface area contributed by atoms with Crippen LogP contribution in [-0.2, 0) is 27.8 Å². The first-order chi connectivity index (χ1) is 14.4. The predicted octanol–water partition coefficient (Wildman–Crippen LogP) is 2.92. The Morgan fingerprint density at radius 2 is 1.90 bits per heavy atom. The van der Waals surface area contributed by atoms with Gasteiger partial charge in [0.2, 0.25) is 10.7 Å². The molecule has 156 valence electrons. The van der Waals surface area contributed by atoms with Gasteiger partial charge in [0.15, 0.2) is 0 Å². The van der Waals surface area contributed by atoms with Crippen molar-refractivity contribution < 1.29 is 13.2 Å². The minimum Gasteiger partial charge on any atom is -0.274 e. The van der Waals surface area contributed by atoms with E-state index in [1.165, 1.54) is 17.4 Å². The molecule has 0 radical (unpaired) electrons. The fourth-order valence-corrected chi connectivity index (χ4v) is 5.13. The van der Waals surface area contributed by atoms with E-state index in [-0.39, 0.29) is 10.8 Å². The second-order valence-corrected chi connectivity index (χ2v) is 9.96. The van der Waals surface area contributed by atoms with Crippen LogP contribution in [0.15, 0.2) is 53.4 Å². The van der Waals surface area contributed by atoms with Gasteiger partial charge in [0.05, 0.1) is 11.4 Å². The van der Waals surface area contributed by atoms with E-state index in [2.05, 4.69) is 9.82 Å². The smallest absolute Gasteiger partial charge is 0.264 e. The highest BCUT2D eigenvalue weighted by atomic mass is 32.2. The summed E-state index contributed by atoms with van der Waals surface area (Å²) in [4.78, 5) is 12.5. The zero-order chi connectivity index (χ0) is 21.3. The molecule has 1 aliphatic rings. The molecule has 0 unspecified atom stereocenters. The van der Waals surface area contributed by atoms with Crippen molar-refractivity contribution in [2.75, 3.05) is 0 Å². The lowest BCUT2D eigenvalue weighted by Crippen LogP contribution is -2.32. The summed E-state index contributed by atoms with van der Waals surface area (Å²) in [7, 11) is -3.94. The lowest BCUT2D eigenvalue weighted by atomic mass is 10.0. The van der Waals surface area contributed by atoms with Crippen LogP contribution in [0.4, 0.5) is 0 Å². The number of carbonyl (C=O) groups is 1. The van der Waals surface area contributed by atoms with Crippen LogP contribution in [0.2, 0.25) is 0 Å². The second-order valence-electron chi connectivity index (χ2n) is 7.25. The van der Waals surface area contributed by atoms with Gasteiger partial charge in [0.1, 0.15) is 5.01 Å². The summed E-state index contributed by atoms with van der Waals surface area (Å²) in [6.45, 7) is 2.49. The maximum atomic E-state index is 12.8. The van der Waals surface area contributed by atoms with Crippen LogP contribution in [0, 0.1) is 11.3 Å². The van der Waals surface area contributed by atoms with Crippen molar-refractivity contribution in [3.8, 4) is 11.1 Å². The Morgan fingerprint density at radius 1 is 1.20 bits per heavy atom. The number of nitrogens with zero attached hydrogens (tertiary/aromatic N) is 2. The number of carbonyl (C=O) groups excluding carboxylic acids is 1. The maximum absolute atomic E-state index is 12.8. The van der Waals surface area contributed by atoms with Crippen LogP contribution in [-0.4, -0.2) is 24.1 Å². The van der Waals surface area contributed by atoms with E-state index in [4.69, 9.17) is 5.41 Å². The number of aryl methyl sites for hydroxylation is 1. The van der Waals surface area contributed by atoms with Crippen LogP contribution in [0.5, 0.6) is 0 Å². The number of nitrogens with one attached hydrogen (secondary N) is 2. The van der Waals surface area contributed by atoms with Crippen LogP contribution >= 0.6 is 11.3 Å². The highest BCUT2D eigenvalue weighted by Crippen LogP contribution is 2.31. The SMILES string of the molecule is CCc1nn(Cc2ccc(-c3ccccc3S(=O)(=O)NC(=O)C3CC3)cc2)c(=N)s1. The molecule has 9 heteroatoms. The molecule has 1 saturated carbocycles. The Labute approximate surface area is 179 Å². The van der Waals surface area contributed by atoms with E-state index < -0.39 is 15.9 Å². The van der Waals surface area contributed by atoms with Crippen LogP contribution in [0.25, 0.3) is 11.1 Å². The first kappa shape index (κ1) is 20.5. The van der Waals surface area contributed by atoms with Crippen molar-refractivity contribution in [2.45, 2.75) is 37.6 Å². The highest BCUT2D eigenvalue weighted by molar-refractivity contribution is 7.90. The number of benzene rings is 2. The molecule has 2 aromatic carbocycles. The van der Waals surface area contributed by atoms with Gasteiger partial charge in [-0.1, -0.05) is 60.7 Å². The molecule has 1 aliphatic carbocycles. The van der Waals surface area contributed by atoms with E-state index in [0.717, 1.165) is 35.4 Å². The number of amides is 1. The normalized spacial score (nSPS) is 13.9. The molecule has 0 saturated heterocycles. The van der Waals surface area contributed by atoms with E-state index in [1.54, 1.807) is 22.9 Å². The van der Waals surface area contributed by atoms with Gasteiger partial charge in [-0.15, -0.1) is 0 Å². The van der Waals surface area contributed by atoms with Gasteiger partial charge < -0.3 is 0 Å². The van der Waals surface area contributed by atoms with Gasteiger partial charge >= 0.3 is 0 Å². The van der Waals surface area contributed by atoms with Crippen LogP contribution < -0.4 is 9.52 Å². The van der Waals surface area contributed by atoms with Gasteiger partial charge in [-0.05, 0) is 36.5 Å². The topological polar surface area (TPSA) is 105 Å². The van der Waals surface area contributed by atoms with Gasteiger partial charge in [0, 0.05) is 11.5 Å². The number of aromatic nitrogens is 2. The molecular formula is C21H22N4O3S2. The molecule has 0 atom stereocenters. The molecule has 0 spiro atoms. The van der Waals surface area contributed by atoms with E-state index in [1.807, 2.05) is 31.2 Å². The molecule has 2 N–H and O–H groups in total. The van der Waals surface area contributed by atoms with Crippen LogP contribution in [0.3, 0.4) is 0 Å². The third-order valence-electron chi connectivity index (χ3n) is 4.94. The second kappa shape index (κ2) is 8.16. The quantitative estimate of drug-likeness (QED) is 0.587. The van der Waals surface area contributed by atoms with Crippen molar-refractivity contribution in [2.24, 2.45) is 5.92 Å². The Morgan fingerprint density at radius 3 is 2.53 bits per heavy atom. The summed E-state index contributed by atoms with van der Waals surface area (Å²) < 4.78 is 29.4. The molecule has 7 nitrogen and oxygen atoms in total. The largest absolute Gasteiger partial charge is 0.274 e. The third kappa shape index (κ3) is 4.36. The summed E-state index contributed by atoms with van der Waals surface area (Å²) in [5, 5.41) is 13.4. The standard InChI is InChI=1S/C21H22N4O3S2/c1-2-19-23-25(21(22)29-19)13-14-7-9-15(10-8-14)17-5-3-4-6-18(17)30(27,28)24-20(26)16-11-12-16/h3-10,16,22H,2,11-13H2,1H3,(H,24,26).